The number of rotatable bonds is 10. The van der Waals surface area contributed by atoms with E-state index >= 15 is 0 Å². The molecule has 142 valence electrons. The number of aromatic nitrogens is 2. The molecule has 0 spiro atoms. The number of carbonyl (C=O) groups is 3. The van der Waals surface area contributed by atoms with Gasteiger partial charge in [-0.25, -0.2) is 9.78 Å². The third kappa shape index (κ3) is 6.23. The molecule has 1 aromatic rings. The van der Waals surface area contributed by atoms with Gasteiger partial charge in [-0.3, -0.25) is 9.59 Å². The van der Waals surface area contributed by atoms with E-state index in [9.17, 15) is 14.4 Å². The summed E-state index contributed by atoms with van der Waals surface area (Å²) in [6.07, 6.45) is 2.38. The van der Waals surface area contributed by atoms with Crippen molar-refractivity contribution >= 4 is 23.9 Å². The third-order valence-corrected chi connectivity index (χ3v) is 3.40. The highest BCUT2D eigenvalue weighted by molar-refractivity contribution is 6.25. The highest BCUT2D eigenvalue weighted by atomic mass is 16.5. The second kappa shape index (κ2) is 10.2. The molecule has 0 aliphatic rings. The third-order valence-electron chi connectivity index (χ3n) is 3.40. The van der Waals surface area contributed by atoms with E-state index in [0.717, 1.165) is 6.21 Å². The number of hydrogen-bond acceptors (Lipinski definition) is 6. The number of ether oxygens (including phenoxy) is 2. The zero-order valence-electron chi connectivity index (χ0n) is 15.2. The molecule has 1 heterocycles. The number of amides is 1. The number of ketones is 1. The lowest BCUT2D eigenvalue weighted by Crippen LogP contribution is -2.45. The van der Waals surface area contributed by atoms with Crippen LogP contribution in [0.3, 0.4) is 0 Å². The lowest BCUT2D eigenvalue weighted by atomic mass is 10.1. The van der Waals surface area contributed by atoms with Crippen LogP contribution in [0.15, 0.2) is 12.4 Å². The van der Waals surface area contributed by atoms with E-state index in [1.807, 2.05) is 0 Å². The first-order valence-corrected chi connectivity index (χ1v) is 8.01. The molecule has 0 saturated carbocycles. The minimum atomic E-state index is -1.06. The minimum absolute atomic E-state index is 0.0147. The van der Waals surface area contributed by atoms with Gasteiger partial charge in [0, 0.05) is 33.0 Å². The predicted molar refractivity (Wildman–Crippen MR) is 90.0 cm³/mol. The maximum Gasteiger partial charge on any atom is 0.328 e. The number of aryl methyl sites for hydroxylation is 1. The van der Waals surface area contributed by atoms with Crippen molar-refractivity contribution in [1.29, 1.82) is 0 Å². The Bertz CT molecular complexity index is 693. The second-order valence-electron chi connectivity index (χ2n) is 5.81. The minimum Gasteiger partial charge on any atom is -0.461 e. The van der Waals surface area contributed by atoms with Crippen molar-refractivity contribution in [3.8, 4) is 0 Å². The fourth-order valence-corrected chi connectivity index (χ4v) is 2.19. The number of nitrogens with one attached hydrogen (secondary N) is 1. The van der Waals surface area contributed by atoms with Gasteiger partial charge in [0.25, 0.3) is 5.91 Å². The molecule has 10 heteroatoms. The SMILES string of the molecule is CO[C@@H](C(=O)N[C@@H](CCC(=O)C=[N+]=[N-])C(=O)OC(C)C)c1nccn1C. The van der Waals surface area contributed by atoms with E-state index < -0.39 is 29.8 Å². The van der Waals surface area contributed by atoms with Crippen molar-refractivity contribution in [3.63, 3.8) is 0 Å². The lowest BCUT2D eigenvalue weighted by Gasteiger charge is -2.21. The van der Waals surface area contributed by atoms with Gasteiger partial charge in [0.2, 0.25) is 5.78 Å². The Labute approximate surface area is 151 Å². The normalized spacial score (nSPS) is 12.8. The quantitative estimate of drug-likeness (QED) is 0.272. The molecule has 2 atom stereocenters. The number of carbonyl (C=O) groups excluding carboxylic acids is 3. The van der Waals surface area contributed by atoms with Crippen molar-refractivity contribution in [2.75, 3.05) is 7.11 Å². The Morgan fingerprint density at radius 2 is 2.12 bits per heavy atom. The van der Waals surface area contributed by atoms with Gasteiger partial charge in [-0.05, 0) is 20.3 Å². The number of nitrogens with zero attached hydrogens (tertiary/aromatic N) is 4. The molecule has 0 saturated heterocycles. The van der Waals surface area contributed by atoms with E-state index in [0.29, 0.717) is 5.82 Å². The molecule has 0 fully saturated rings. The highest BCUT2D eigenvalue weighted by Crippen LogP contribution is 2.15. The summed E-state index contributed by atoms with van der Waals surface area (Å²) >= 11 is 0. The summed E-state index contributed by atoms with van der Waals surface area (Å²) in [6.45, 7) is 3.35. The standard InChI is InChI=1S/C16H23N5O5/c1-10(2)26-16(24)12(6-5-11(22)9-19-17)20-15(23)13(25-4)14-18-7-8-21(14)3/h7-10,12-13H,5-6H2,1-4H3,(H,20,23)/t12-,13+/m0/s1. The van der Waals surface area contributed by atoms with Gasteiger partial charge in [0.1, 0.15) is 11.9 Å². The van der Waals surface area contributed by atoms with Crippen LogP contribution in [0.25, 0.3) is 5.53 Å². The van der Waals surface area contributed by atoms with Crippen LogP contribution in [0.1, 0.15) is 38.6 Å². The van der Waals surface area contributed by atoms with Crippen LogP contribution in [-0.4, -0.2) is 57.5 Å². The summed E-state index contributed by atoms with van der Waals surface area (Å²) in [5.74, 6) is -1.38. The molecule has 0 aliphatic carbocycles. The van der Waals surface area contributed by atoms with Crippen LogP contribution in [-0.2, 0) is 30.9 Å². The smallest absolute Gasteiger partial charge is 0.328 e. The van der Waals surface area contributed by atoms with Gasteiger partial charge < -0.3 is 24.9 Å². The molecule has 26 heavy (non-hydrogen) atoms. The van der Waals surface area contributed by atoms with Crippen LogP contribution in [0.2, 0.25) is 0 Å². The Hall–Kier alpha value is -2.84. The van der Waals surface area contributed by atoms with Gasteiger partial charge in [-0.15, -0.1) is 0 Å². The Balaban J connectivity index is 2.89. The molecule has 0 radical (unpaired) electrons. The molecular formula is C16H23N5O5. The van der Waals surface area contributed by atoms with Crippen LogP contribution in [0, 0.1) is 0 Å². The molecule has 1 amide bonds. The molecule has 0 aromatic carbocycles. The van der Waals surface area contributed by atoms with Gasteiger partial charge in [0.15, 0.2) is 6.10 Å². The Kier molecular flexibility index (Phi) is 8.33. The molecule has 0 bridgehead atoms. The Morgan fingerprint density at radius 1 is 1.42 bits per heavy atom. The van der Waals surface area contributed by atoms with Crippen molar-refractivity contribution in [2.45, 2.75) is 44.9 Å². The van der Waals surface area contributed by atoms with E-state index in [1.165, 1.54) is 13.3 Å². The second-order valence-corrected chi connectivity index (χ2v) is 5.81. The Morgan fingerprint density at radius 3 is 2.62 bits per heavy atom. The van der Waals surface area contributed by atoms with Crippen molar-refractivity contribution in [3.05, 3.63) is 23.7 Å². The predicted octanol–water partition coefficient (Wildman–Crippen LogP) is 0.194. The molecule has 0 unspecified atom stereocenters. The first-order valence-electron chi connectivity index (χ1n) is 8.01. The summed E-state index contributed by atoms with van der Waals surface area (Å²) in [4.78, 5) is 43.0. The molecular weight excluding hydrogens is 342 g/mol. The fraction of sp³-hybridized carbons (Fsp3) is 0.562. The average molecular weight is 365 g/mol. The maximum absolute atomic E-state index is 12.5. The van der Waals surface area contributed by atoms with Crippen molar-refractivity contribution < 1.29 is 28.6 Å². The molecule has 1 aromatic heterocycles. The number of Topliss-reactive ketones (excluding diaryl/α,β-unsaturated/α-hetero) is 1. The van der Waals surface area contributed by atoms with E-state index in [1.54, 1.807) is 31.7 Å². The molecule has 0 aliphatic heterocycles. The fourth-order valence-electron chi connectivity index (χ4n) is 2.19. The van der Waals surface area contributed by atoms with Gasteiger partial charge in [0.05, 0.1) is 6.10 Å². The monoisotopic (exact) mass is 365 g/mol. The number of methoxy groups -OCH3 is 1. The lowest BCUT2D eigenvalue weighted by molar-refractivity contribution is -0.153. The molecule has 10 nitrogen and oxygen atoms in total. The summed E-state index contributed by atoms with van der Waals surface area (Å²) in [6, 6.07) is -1.06. The van der Waals surface area contributed by atoms with E-state index in [2.05, 4.69) is 15.1 Å². The van der Waals surface area contributed by atoms with Crippen LogP contribution >= 0.6 is 0 Å². The van der Waals surface area contributed by atoms with Gasteiger partial charge >= 0.3 is 12.2 Å². The largest absolute Gasteiger partial charge is 0.461 e. The van der Waals surface area contributed by atoms with Gasteiger partial charge in [-0.1, -0.05) is 0 Å². The number of imidazole rings is 1. The number of esters is 1. The van der Waals surface area contributed by atoms with Crippen LogP contribution in [0.4, 0.5) is 0 Å². The first kappa shape index (κ1) is 21.2. The van der Waals surface area contributed by atoms with Crippen LogP contribution < -0.4 is 5.32 Å². The summed E-state index contributed by atoms with van der Waals surface area (Å²) in [7, 11) is 3.06. The van der Waals surface area contributed by atoms with Crippen molar-refractivity contribution in [1.82, 2.24) is 14.9 Å². The zero-order valence-corrected chi connectivity index (χ0v) is 15.2. The number of hydrogen-bond donors (Lipinski definition) is 1. The van der Waals surface area contributed by atoms with Gasteiger partial charge in [-0.2, -0.15) is 4.79 Å². The van der Waals surface area contributed by atoms with E-state index in [4.69, 9.17) is 15.0 Å². The summed E-state index contributed by atoms with van der Waals surface area (Å²) < 4.78 is 11.9. The first-order chi connectivity index (χ1) is 12.3. The highest BCUT2D eigenvalue weighted by Gasteiger charge is 2.30. The summed E-state index contributed by atoms with van der Waals surface area (Å²) in [5.41, 5.74) is 8.37. The molecule has 1 N–H and O–H groups in total. The van der Waals surface area contributed by atoms with Crippen molar-refractivity contribution in [2.24, 2.45) is 7.05 Å². The zero-order chi connectivity index (χ0) is 19.7. The van der Waals surface area contributed by atoms with Crippen LogP contribution in [0.5, 0.6) is 0 Å². The summed E-state index contributed by atoms with van der Waals surface area (Å²) in [5, 5.41) is 2.54. The van der Waals surface area contributed by atoms with E-state index in [-0.39, 0.29) is 18.9 Å². The molecule has 1 rings (SSSR count). The topological polar surface area (TPSA) is 136 Å². The average Bonchev–Trinajstić information content (AvgIpc) is 2.97. The maximum atomic E-state index is 12.5.